The number of hydrogen-bond donors (Lipinski definition) is 3. The minimum Gasteiger partial charge on any atom is -0.480 e. The average Bonchev–Trinajstić information content (AvgIpc) is 2.84. The number of carbonyl (C=O) groups excluding carboxylic acids is 2. The van der Waals surface area contributed by atoms with Gasteiger partial charge in [-0.1, -0.05) is 0 Å². The minimum atomic E-state index is -1.32. The Morgan fingerprint density at radius 2 is 2.20 bits per heavy atom. The van der Waals surface area contributed by atoms with Crippen molar-refractivity contribution in [3.8, 4) is 0 Å². The molecule has 0 saturated carbocycles. The maximum atomic E-state index is 12.0. The largest absolute Gasteiger partial charge is 0.480 e. The molecule has 0 radical (unpaired) electrons. The molecule has 0 spiro atoms. The second kappa shape index (κ2) is 5.59. The number of nitrogens with zero attached hydrogens (tertiary/aromatic N) is 3. The molecule has 3 amide bonds. The molecule has 0 unspecified atom stereocenters. The summed E-state index contributed by atoms with van der Waals surface area (Å²) in [5.74, 6) is -1.35. The predicted molar refractivity (Wildman–Crippen MR) is 66.4 cm³/mol. The molecule has 0 aliphatic carbocycles. The second-order valence-electron chi connectivity index (χ2n) is 4.47. The number of primary amides is 1. The van der Waals surface area contributed by atoms with E-state index in [1.807, 2.05) is 10.8 Å². The van der Waals surface area contributed by atoms with Gasteiger partial charge in [-0.2, -0.15) is 0 Å². The van der Waals surface area contributed by atoms with Crippen molar-refractivity contribution in [2.45, 2.75) is 25.6 Å². The molecule has 1 aromatic rings. The lowest BCUT2D eigenvalue weighted by Crippen LogP contribution is -2.51. The van der Waals surface area contributed by atoms with E-state index >= 15 is 0 Å². The minimum absolute atomic E-state index is 0.293. The Balaban J connectivity index is 1.98. The Kier molecular flexibility index (Phi) is 3.87. The monoisotopic (exact) mass is 281 g/mol. The molecule has 2 heterocycles. The molecule has 9 heteroatoms. The van der Waals surface area contributed by atoms with Crippen molar-refractivity contribution in [2.24, 2.45) is 5.73 Å². The van der Waals surface area contributed by atoms with Crippen LogP contribution in [0.15, 0.2) is 12.4 Å². The van der Waals surface area contributed by atoms with Gasteiger partial charge in [-0.15, -0.1) is 0 Å². The molecule has 1 aliphatic rings. The Morgan fingerprint density at radius 3 is 2.85 bits per heavy atom. The molecule has 1 aliphatic heterocycles. The normalized spacial score (nSPS) is 15.3. The van der Waals surface area contributed by atoms with Gasteiger partial charge in [0.1, 0.15) is 11.9 Å². The van der Waals surface area contributed by atoms with Gasteiger partial charge in [0.15, 0.2) is 0 Å². The molecule has 0 aromatic carbocycles. The number of nitrogens with one attached hydrogen (secondary N) is 1. The number of amides is 3. The lowest BCUT2D eigenvalue weighted by atomic mass is 10.2. The Morgan fingerprint density at radius 1 is 1.45 bits per heavy atom. The Bertz CT molecular complexity index is 541. The first-order chi connectivity index (χ1) is 9.47. The van der Waals surface area contributed by atoms with Crippen LogP contribution in [0.25, 0.3) is 0 Å². The van der Waals surface area contributed by atoms with E-state index < -0.39 is 30.4 Å². The smallest absolute Gasteiger partial charge is 0.326 e. The summed E-state index contributed by atoms with van der Waals surface area (Å²) in [5, 5.41) is 11.2. The summed E-state index contributed by atoms with van der Waals surface area (Å²) in [5.41, 5.74) is 4.95. The summed E-state index contributed by atoms with van der Waals surface area (Å²) in [6.45, 7) is 1.33. The number of rotatable bonds is 4. The Labute approximate surface area is 114 Å². The molecule has 108 valence electrons. The topological polar surface area (TPSA) is 131 Å². The van der Waals surface area contributed by atoms with E-state index in [1.54, 1.807) is 6.20 Å². The number of nitrogens with two attached hydrogens (primary N) is 1. The first-order valence-electron chi connectivity index (χ1n) is 6.04. The quantitative estimate of drug-likeness (QED) is 0.634. The van der Waals surface area contributed by atoms with Crippen molar-refractivity contribution < 1.29 is 19.5 Å². The van der Waals surface area contributed by atoms with E-state index in [2.05, 4.69) is 10.3 Å². The molecular weight excluding hydrogens is 266 g/mol. The van der Waals surface area contributed by atoms with Gasteiger partial charge in [0.2, 0.25) is 5.91 Å². The molecule has 1 atom stereocenters. The number of urea groups is 1. The molecule has 1 aromatic heterocycles. The highest BCUT2D eigenvalue weighted by Crippen LogP contribution is 2.10. The first kappa shape index (κ1) is 13.8. The van der Waals surface area contributed by atoms with Crippen LogP contribution in [0.2, 0.25) is 0 Å². The summed E-state index contributed by atoms with van der Waals surface area (Å²) in [6.07, 6.45) is 3.02. The van der Waals surface area contributed by atoms with Gasteiger partial charge < -0.3 is 25.6 Å². The number of imidazole rings is 1. The predicted octanol–water partition coefficient (Wildman–Crippen LogP) is -1.26. The van der Waals surface area contributed by atoms with Gasteiger partial charge >= 0.3 is 12.0 Å². The van der Waals surface area contributed by atoms with Crippen molar-refractivity contribution in [3.05, 3.63) is 18.2 Å². The zero-order valence-corrected chi connectivity index (χ0v) is 10.7. The molecular formula is C11H15N5O4. The van der Waals surface area contributed by atoms with Crippen LogP contribution in [0.3, 0.4) is 0 Å². The molecule has 0 saturated heterocycles. The van der Waals surface area contributed by atoms with Crippen LogP contribution in [0.5, 0.6) is 0 Å². The van der Waals surface area contributed by atoms with Crippen LogP contribution in [-0.4, -0.2) is 50.1 Å². The molecule has 9 nitrogen and oxygen atoms in total. The van der Waals surface area contributed by atoms with Gasteiger partial charge in [0.25, 0.3) is 0 Å². The van der Waals surface area contributed by atoms with E-state index in [0.29, 0.717) is 19.6 Å². The summed E-state index contributed by atoms with van der Waals surface area (Å²) < 4.78 is 1.92. The fourth-order valence-electron chi connectivity index (χ4n) is 1.99. The summed E-state index contributed by atoms with van der Waals surface area (Å²) in [6, 6.07) is -1.87. The highest BCUT2D eigenvalue weighted by atomic mass is 16.4. The van der Waals surface area contributed by atoms with E-state index in [0.717, 1.165) is 5.82 Å². The summed E-state index contributed by atoms with van der Waals surface area (Å²) in [4.78, 5) is 39.3. The third-order valence-corrected chi connectivity index (χ3v) is 3.03. The van der Waals surface area contributed by atoms with Gasteiger partial charge in [-0.05, 0) is 0 Å². The van der Waals surface area contributed by atoms with Gasteiger partial charge in [0, 0.05) is 25.5 Å². The molecule has 20 heavy (non-hydrogen) atoms. The van der Waals surface area contributed by atoms with Crippen LogP contribution in [0, 0.1) is 0 Å². The van der Waals surface area contributed by atoms with Crippen LogP contribution in [0.4, 0.5) is 4.79 Å². The van der Waals surface area contributed by atoms with Crippen molar-refractivity contribution in [2.75, 3.05) is 6.54 Å². The fourth-order valence-corrected chi connectivity index (χ4v) is 1.99. The number of carboxylic acids is 1. The lowest BCUT2D eigenvalue weighted by Gasteiger charge is -2.28. The van der Waals surface area contributed by atoms with Crippen LogP contribution in [-0.2, 0) is 22.7 Å². The number of carboxylic acid groups (broad SMARTS) is 1. The maximum Gasteiger partial charge on any atom is 0.326 e. The maximum absolute atomic E-state index is 12.0. The molecule has 2 rings (SSSR count). The summed E-state index contributed by atoms with van der Waals surface area (Å²) in [7, 11) is 0. The fraction of sp³-hybridized carbons (Fsp3) is 0.455. The van der Waals surface area contributed by atoms with E-state index in [1.165, 1.54) is 4.90 Å². The zero-order valence-electron chi connectivity index (χ0n) is 10.7. The molecule has 0 fully saturated rings. The first-order valence-corrected chi connectivity index (χ1v) is 6.04. The highest BCUT2D eigenvalue weighted by molar-refractivity contribution is 5.87. The SMILES string of the molecule is NC(=O)C[C@H](NC(=O)N1CCn2ccnc2C1)C(=O)O. The van der Waals surface area contributed by atoms with E-state index in [4.69, 9.17) is 10.8 Å². The third kappa shape index (κ3) is 3.05. The van der Waals surface area contributed by atoms with Crippen molar-refractivity contribution >= 4 is 17.9 Å². The standard InChI is InChI=1S/C11H15N5O4/c12-8(17)5-7(10(18)19)14-11(20)16-4-3-15-2-1-13-9(15)6-16/h1-2,7H,3-6H2,(H2,12,17)(H,14,20)(H,18,19)/t7-/m0/s1. The second-order valence-corrected chi connectivity index (χ2v) is 4.47. The highest BCUT2D eigenvalue weighted by Gasteiger charge is 2.27. The van der Waals surface area contributed by atoms with Crippen molar-refractivity contribution in [3.63, 3.8) is 0 Å². The number of fused-ring (bicyclic) bond motifs is 1. The number of carbonyl (C=O) groups is 3. The Hall–Kier alpha value is -2.58. The molecule has 4 N–H and O–H groups in total. The van der Waals surface area contributed by atoms with Gasteiger partial charge in [0.05, 0.1) is 13.0 Å². The van der Waals surface area contributed by atoms with Crippen molar-refractivity contribution in [1.29, 1.82) is 0 Å². The summed E-state index contributed by atoms with van der Waals surface area (Å²) >= 11 is 0. The van der Waals surface area contributed by atoms with E-state index in [9.17, 15) is 14.4 Å². The van der Waals surface area contributed by atoms with Gasteiger partial charge in [-0.25, -0.2) is 14.6 Å². The zero-order chi connectivity index (χ0) is 14.7. The number of aliphatic carboxylic acids is 1. The van der Waals surface area contributed by atoms with Gasteiger partial charge in [-0.3, -0.25) is 4.79 Å². The lowest BCUT2D eigenvalue weighted by molar-refractivity contribution is -0.141. The third-order valence-electron chi connectivity index (χ3n) is 3.03. The van der Waals surface area contributed by atoms with Crippen LogP contribution in [0.1, 0.15) is 12.2 Å². The van der Waals surface area contributed by atoms with Crippen LogP contribution >= 0.6 is 0 Å². The van der Waals surface area contributed by atoms with Crippen LogP contribution < -0.4 is 11.1 Å². The van der Waals surface area contributed by atoms with E-state index in [-0.39, 0.29) is 0 Å². The molecule has 0 bridgehead atoms. The number of aromatic nitrogens is 2. The number of hydrogen-bond acceptors (Lipinski definition) is 4. The average molecular weight is 281 g/mol. The van der Waals surface area contributed by atoms with Crippen molar-refractivity contribution in [1.82, 2.24) is 19.8 Å².